The maximum absolute atomic E-state index is 16.2. The van der Waals surface area contributed by atoms with Crippen molar-refractivity contribution in [1.82, 2.24) is 48.3 Å². The summed E-state index contributed by atoms with van der Waals surface area (Å²) < 4.78 is 50.7. The molecule has 8 heterocycles. The minimum atomic E-state index is -0.837. The summed E-state index contributed by atoms with van der Waals surface area (Å²) in [5.74, 6) is -0.659. The van der Waals surface area contributed by atoms with E-state index in [1.807, 2.05) is 11.0 Å². The van der Waals surface area contributed by atoms with Gasteiger partial charge in [0.05, 0.1) is 45.8 Å². The fourth-order valence-corrected chi connectivity index (χ4v) is 12.0. The number of nitrogens with zero attached hydrogens (tertiary/aromatic N) is 9. The van der Waals surface area contributed by atoms with Crippen LogP contribution in [0.3, 0.4) is 0 Å². The van der Waals surface area contributed by atoms with E-state index < -0.39 is 28.8 Å². The van der Waals surface area contributed by atoms with E-state index in [-0.39, 0.29) is 40.4 Å². The zero-order valence-electron chi connectivity index (χ0n) is 36.8. The Balaban J connectivity index is 0.969. The first kappa shape index (κ1) is 39.5. The number of fused-ring (bicyclic) bond motifs is 6. The number of carbonyl (C=O) groups excluding carboxylic acids is 1. The van der Waals surface area contributed by atoms with Crippen molar-refractivity contribution in [3.8, 4) is 17.2 Å². The molecule has 3 aliphatic heterocycles. The van der Waals surface area contributed by atoms with Gasteiger partial charge in [0, 0.05) is 55.0 Å². The van der Waals surface area contributed by atoms with Gasteiger partial charge in [0.2, 0.25) is 0 Å². The van der Waals surface area contributed by atoms with Crippen LogP contribution in [0.25, 0.3) is 39.0 Å². The molecule has 5 atom stereocenters. The summed E-state index contributed by atoms with van der Waals surface area (Å²) in [6.07, 6.45) is 11.0. The van der Waals surface area contributed by atoms with E-state index in [1.54, 1.807) is 60.7 Å². The van der Waals surface area contributed by atoms with E-state index in [9.17, 15) is 9.59 Å². The van der Waals surface area contributed by atoms with Crippen molar-refractivity contribution in [2.24, 2.45) is 13.0 Å². The molecule has 5 aromatic heterocycles. The van der Waals surface area contributed by atoms with Crippen LogP contribution in [0.5, 0.6) is 0 Å². The fraction of sp³-hybridized carbons (Fsp3) is 0.388. The highest BCUT2D eigenvalue weighted by Gasteiger charge is 2.60. The van der Waals surface area contributed by atoms with Gasteiger partial charge in [-0.2, -0.15) is 10.2 Å². The van der Waals surface area contributed by atoms with Crippen LogP contribution >= 0.6 is 0 Å². The lowest BCUT2D eigenvalue weighted by molar-refractivity contribution is -0.0132. The van der Waals surface area contributed by atoms with Crippen LogP contribution in [-0.4, -0.2) is 72.5 Å². The molecule has 336 valence electrons. The van der Waals surface area contributed by atoms with E-state index in [1.165, 1.54) is 27.1 Å². The summed E-state index contributed by atoms with van der Waals surface area (Å²) in [5, 5.41) is 14.8. The highest BCUT2D eigenvalue weighted by Crippen LogP contribution is 2.57. The predicted molar refractivity (Wildman–Crippen MR) is 238 cm³/mol. The number of aromatic amines is 1. The summed E-state index contributed by atoms with van der Waals surface area (Å²) in [6.45, 7) is 6.18. The molecule has 0 radical (unpaired) electrons. The van der Waals surface area contributed by atoms with Crippen molar-refractivity contribution in [2.75, 3.05) is 6.61 Å². The second-order valence-electron chi connectivity index (χ2n) is 19.5. The second kappa shape index (κ2) is 13.6. The van der Waals surface area contributed by atoms with Gasteiger partial charge in [0.25, 0.3) is 5.91 Å². The van der Waals surface area contributed by atoms with E-state index >= 15 is 13.6 Å². The highest BCUT2D eigenvalue weighted by atomic mass is 19.1. The number of ether oxygens (including phenoxy) is 1. The Labute approximate surface area is 375 Å². The number of aromatic nitrogens is 9. The van der Waals surface area contributed by atoms with Crippen LogP contribution in [0.15, 0.2) is 81.2 Å². The number of benzene rings is 3. The van der Waals surface area contributed by atoms with E-state index in [4.69, 9.17) is 14.4 Å². The van der Waals surface area contributed by atoms with Crippen LogP contribution in [0.1, 0.15) is 108 Å². The lowest BCUT2D eigenvalue weighted by atomic mass is 9.87. The molecule has 4 fully saturated rings. The number of rotatable bonds is 7. The van der Waals surface area contributed by atoms with Gasteiger partial charge in [-0.25, -0.2) is 23.1 Å². The predicted octanol–water partition coefficient (Wildman–Crippen LogP) is 7.34. The zero-order valence-corrected chi connectivity index (χ0v) is 36.8. The first-order chi connectivity index (χ1) is 31.8. The number of carbonyl (C=O) groups is 1. The van der Waals surface area contributed by atoms with Gasteiger partial charge in [-0.3, -0.25) is 28.1 Å². The van der Waals surface area contributed by atoms with Crippen LogP contribution in [0.4, 0.5) is 8.78 Å². The molecule has 8 aromatic rings. The van der Waals surface area contributed by atoms with Gasteiger partial charge in [-0.15, -0.1) is 0 Å². The molecule has 0 unspecified atom stereocenters. The Kier molecular flexibility index (Phi) is 8.13. The number of hydrogen-bond donors (Lipinski definition) is 1. The smallest absolute Gasteiger partial charge is 0.375 e. The monoisotopic (exact) mass is 892 g/mol. The molecule has 5 aliphatic rings. The number of imidazole rings is 1. The Morgan fingerprint density at radius 2 is 1.70 bits per heavy atom. The molecule has 2 aliphatic carbocycles. The minimum Gasteiger partial charge on any atom is -0.375 e. The average molecular weight is 893 g/mol. The lowest BCUT2D eigenvalue weighted by Crippen LogP contribution is -2.43. The fourth-order valence-electron chi connectivity index (χ4n) is 12.0. The van der Waals surface area contributed by atoms with Crippen LogP contribution in [-0.2, 0) is 23.7 Å². The Morgan fingerprint density at radius 1 is 0.924 bits per heavy atom. The molecule has 2 saturated heterocycles. The molecule has 3 aromatic carbocycles. The molecule has 1 amide bonds. The third-order valence-corrected chi connectivity index (χ3v) is 15.6. The van der Waals surface area contributed by atoms with Gasteiger partial charge in [-0.1, -0.05) is 18.1 Å². The number of H-pyrrole nitrogens is 1. The summed E-state index contributed by atoms with van der Waals surface area (Å²) in [5.41, 5.74) is 4.58. The number of aryl methyl sites for hydroxylation is 3. The van der Waals surface area contributed by atoms with E-state index in [0.29, 0.717) is 76.8 Å². The average Bonchev–Trinajstić information content (AvgIpc) is 3.70. The third kappa shape index (κ3) is 5.48. The number of nitrogens with one attached hydrogen (secondary N) is 1. The Bertz CT molecular complexity index is 3490. The molecule has 13 rings (SSSR count). The van der Waals surface area contributed by atoms with Crippen molar-refractivity contribution >= 4 is 27.7 Å². The molecule has 1 N–H and O–H groups in total. The molecular weight excluding hydrogens is 847 g/mol. The number of hydrogen-bond acceptors (Lipinski definition) is 8. The number of amides is 1. The zero-order chi connectivity index (χ0) is 45.1. The summed E-state index contributed by atoms with van der Waals surface area (Å²) in [4.78, 5) is 47.8. The quantitative estimate of drug-likeness (QED) is 0.174. The van der Waals surface area contributed by atoms with Gasteiger partial charge in [0.1, 0.15) is 22.9 Å². The van der Waals surface area contributed by atoms with Crippen molar-refractivity contribution in [1.29, 1.82) is 0 Å². The molecular formula is C49H46F2N10O5. The lowest BCUT2D eigenvalue weighted by Gasteiger charge is -2.35. The van der Waals surface area contributed by atoms with Crippen LogP contribution in [0, 0.1) is 31.4 Å². The van der Waals surface area contributed by atoms with Gasteiger partial charge in [-0.05, 0) is 130 Å². The van der Waals surface area contributed by atoms with Crippen molar-refractivity contribution in [3.05, 3.63) is 139 Å². The standard InChI is InChI=1S/C49H46F2N10O5/c1-25-17-32(18-26(2)41(25)50)61-43(58-15-14-57(47(58)64)38-10-9-36-33(42(38)51)24-52-56(36)4)40-34(54-61)21-31-6-8-37(40)59(31)44(62)39-20-30-19-28(29-11-16-65-48(23-29)12-13-48)5-7-35(30)60(39)49(22-27(49)3)45-53-46(63)66-55-45/h5,7,9-10,14-15,17-20,24,27,29,31,37H,6,8,11-13,16,21-23H2,1-4H3,(H,53,55,63)/t27-,29+,31+,37-,49-/m1/s1. The second-order valence-corrected chi connectivity index (χ2v) is 19.5. The van der Waals surface area contributed by atoms with Gasteiger partial charge < -0.3 is 14.2 Å². The maximum atomic E-state index is 16.2. The summed E-state index contributed by atoms with van der Waals surface area (Å²) >= 11 is 0. The topological polar surface area (TPSA) is 156 Å². The summed E-state index contributed by atoms with van der Waals surface area (Å²) in [7, 11) is 1.73. The minimum absolute atomic E-state index is 0.0111. The SMILES string of the molecule is Cc1cc(-n2nc3c(c2-n2ccn(-c4ccc5c(cnn5C)c4F)c2=O)[C@H]2CC[C@@H](C3)N2C(=O)c2cc3cc([C@H]4CCOC5(CC5)C4)ccc3n2[C@]2(c3noc(=O)[nH]3)C[C@H]2C)cc(C)c1F. The largest absolute Gasteiger partial charge is 0.438 e. The molecule has 2 saturated carbocycles. The van der Waals surface area contributed by atoms with E-state index in [2.05, 4.69) is 44.9 Å². The normalized spacial score (nSPS) is 23.9. The Morgan fingerprint density at radius 3 is 2.44 bits per heavy atom. The highest BCUT2D eigenvalue weighted by molar-refractivity contribution is 6.00. The van der Waals surface area contributed by atoms with Crippen molar-refractivity contribution < 1.29 is 22.8 Å². The molecule has 1 spiro atoms. The van der Waals surface area contributed by atoms with Crippen molar-refractivity contribution in [3.63, 3.8) is 0 Å². The van der Waals surface area contributed by atoms with Crippen LogP contribution in [0.2, 0.25) is 0 Å². The van der Waals surface area contributed by atoms with Gasteiger partial charge in [0.15, 0.2) is 11.6 Å². The number of halogens is 2. The third-order valence-electron chi connectivity index (χ3n) is 15.6. The van der Waals surface area contributed by atoms with Crippen molar-refractivity contribution in [2.45, 2.75) is 101 Å². The van der Waals surface area contributed by atoms with Gasteiger partial charge >= 0.3 is 11.4 Å². The first-order valence-electron chi connectivity index (χ1n) is 22.8. The van der Waals surface area contributed by atoms with Crippen LogP contribution < -0.4 is 11.4 Å². The van der Waals surface area contributed by atoms with E-state index in [0.717, 1.165) is 48.9 Å². The Hall–Kier alpha value is -6.88. The molecule has 17 heteroatoms. The first-order valence-corrected chi connectivity index (χ1v) is 22.8. The molecule has 2 bridgehead atoms. The molecule has 66 heavy (non-hydrogen) atoms. The molecule has 15 nitrogen and oxygen atoms in total. The summed E-state index contributed by atoms with van der Waals surface area (Å²) in [6, 6.07) is 14.4. The maximum Gasteiger partial charge on any atom is 0.438 e.